The van der Waals surface area contributed by atoms with Gasteiger partial charge in [0, 0.05) is 110 Å². The molecular weight excluding hydrogens is 1400 g/mol. The van der Waals surface area contributed by atoms with Gasteiger partial charge in [0.25, 0.3) is 6.71 Å². The summed E-state index contributed by atoms with van der Waals surface area (Å²) in [5.74, 6) is 0. The highest BCUT2D eigenvalue weighted by Gasteiger charge is 2.46. The van der Waals surface area contributed by atoms with Crippen LogP contribution in [0.4, 0.5) is 34.1 Å². The maximum atomic E-state index is 11.8. The van der Waals surface area contributed by atoms with E-state index in [9.17, 15) is 43.9 Å². The number of hydrogen-bond acceptors (Lipinski definition) is 4. The first-order valence-corrected chi connectivity index (χ1v) is 37.2. The molecule has 0 fully saturated rings. The van der Waals surface area contributed by atoms with Gasteiger partial charge in [0.15, 0.2) is 11.2 Å². The van der Waals surface area contributed by atoms with Gasteiger partial charge in [0.2, 0.25) is 0 Å². The minimum Gasteiger partial charge on any atom is -0.454 e. The van der Waals surface area contributed by atoms with Crippen LogP contribution in [0.3, 0.4) is 0 Å². The Bertz CT molecular complexity index is 9370. The predicted octanol–water partition coefficient (Wildman–Crippen LogP) is 26.6. The Morgan fingerprint density at radius 1 is 0.270 bits per heavy atom. The van der Waals surface area contributed by atoms with Crippen molar-refractivity contribution in [1.29, 1.82) is 0 Å². The molecule has 0 aliphatic carbocycles. The van der Waals surface area contributed by atoms with E-state index < -0.39 is 316 Å². The summed E-state index contributed by atoms with van der Waals surface area (Å²) in [5.41, 5.74) is -10.2. The lowest BCUT2D eigenvalue weighted by Crippen LogP contribution is -2.61. The molecule has 0 bridgehead atoms. The van der Waals surface area contributed by atoms with Crippen LogP contribution >= 0.6 is 0 Å². The molecule has 8 heterocycles. The van der Waals surface area contributed by atoms with Crippen LogP contribution in [-0.4, -0.2) is 25.0 Å². The molecule has 0 radical (unpaired) electrons. The average molecular weight is 1500 g/mol. The van der Waals surface area contributed by atoms with Crippen molar-refractivity contribution in [3.63, 3.8) is 0 Å². The molecule has 0 unspecified atom stereocenters. The Balaban J connectivity index is 0.925. The van der Waals surface area contributed by atoms with Crippen molar-refractivity contribution in [3.8, 4) is 45.0 Å². The second-order valence-corrected chi connectivity index (χ2v) is 29.7. The van der Waals surface area contributed by atoms with Crippen molar-refractivity contribution >= 4 is 188 Å². The van der Waals surface area contributed by atoms with Gasteiger partial charge >= 0.3 is 0 Å². The second kappa shape index (κ2) is 23.9. The number of rotatable bonds is 8. The van der Waals surface area contributed by atoms with Crippen molar-refractivity contribution in [3.05, 3.63) is 369 Å². The molecule has 6 aromatic heterocycles. The number of furan rings is 2. The van der Waals surface area contributed by atoms with E-state index in [1.54, 1.807) is 151 Å². The lowest BCUT2D eigenvalue weighted by atomic mass is 9.33. The standard InChI is InChI=1S/C106H69BN6O2/c1-106(2,3)68-58-97-103-98(59-68)113(100-57-67(65-28-8-5-9-29-65)55-84-82-61-70(49-53-102(82)115-105(84)100)109-89-40-20-12-32-75(89)76-33-13-21-41-90(76)109)96-63-72(111-93-44-24-16-36-79(93)80-37-17-25-45-94(80)111)47-51-86(96)107(103)85-50-46-71(110-91-42-22-14-34-77(91)78-35-15-23-43-92(78)110)62-95(85)112(97)99-56-66(64-26-6-4-7-27-64)54-83-81-60-69(48-52-101(81)114-104(83)99)108-87-38-18-10-30-73(87)74-31-11-19-39-88(74)108/h4-63H,1-3H3/i14D,15D,16D,17D,22D,23D,24D,25D,34D,35D,36D,37D,42D,43D,44D,45D,46D,47D,48D,49D,50D,51D,52D,53D,54D,55D,56D,57D,60D,61D,62D,63D. The molecule has 8 nitrogen and oxygen atoms in total. The maximum Gasteiger partial charge on any atom is 0.252 e. The minimum absolute atomic E-state index is 0.150. The lowest BCUT2D eigenvalue weighted by Gasteiger charge is -2.45. The normalized spacial score (nSPS) is 16.8. The van der Waals surface area contributed by atoms with E-state index in [1.165, 1.54) is 9.80 Å². The zero-order valence-corrected chi connectivity index (χ0v) is 60.7. The first-order chi connectivity index (χ1) is 70.1. The molecule has 0 amide bonds. The Labute approximate surface area is 706 Å². The fourth-order valence-electron chi connectivity index (χ4n) is 17.3. The Morgan fingerprint density at radius 2 is 0.600 bits per heavy atom. The molecule has 0 N–H and O–H groups in total. The highest BCUT2D eigenvalue weighted by atomic mass is 16.3. The third kappa shape index (κ3) is 9.20. The molecule has 115 heavy (non-hydrogen) atoms. The van der Waals surface area contributed by atoms with Gasteiger partial charge in [-0.15, -0.1) is 0 Å². The zero-order valence-electron chi connectivity index (χ0n) is 92.7. The lowest BCUT2D eigenvalue weighted by molar-refractivity contribution is 0.590. The van der Waals surface area contributed by atoms with E-state index in [0.717, 1.165) is 9.13 Å². The van der Waals surface area contributed by atoms with Crippen molar-refractivity contribution in [2.45, 2.75) is 26.2 Å². The molecule has 17 aromatic carbocycles. The Hall–Kier alpha value is -14.8. The van der Waals surface area contributed by atoms with E-state index >= 15 is 0 Å². The molecule has 2 aliphatic rings. The number of anilines is 6. The van der Waals surface area contributed by atoms with Gasteiger partial charge in [-0.3, -0.25) is 0 Å². The first-order valence-electron chi connectivity index (χ1n) is 53.2. The third-order valence-electron chi connectivity index (χ3n) is 22.4. The van der Waals surface area contributed by atoms with E-state index in [0.29, 0.717) is 43.6 Å². The second-order valence-electron chi connectivity index (χ2n) is 29.7. The van der Waals surface area contributed by atoms with Gasteiger partial charge < -0.3 is 36.9 Å². The van der Waals surface area contributed by atoms with Crippen LogP contribution in [0.2, 0.25) is 0 Å². The summed E-state index contributed by atoms with van der Waals surface area (Å²) in [6.45, 7) is 3.24. The fourth-order valence-corrected chi connectivity index (χ4v) is 17.3. The quantitative estimate of drug-likeness (QED) is 0.142. The van der Waals surface area contributed by atoms with E-state index in [-0.39, 0.29) is 77.6 Å². The zero-order chi connectivity index (χ0) is 103. The number of nitrogens with zero attached hydrogens (tertiary/aromatic N) is 6. The highest BCUT2D eigenvalue weighted by Crippen LogP contribution is 2.54. The van der Waals surface area contributed by atoms with E-state index in [1.807, 2.05) is 48.5 Å². The number of hydrogen-bond donors (Lipinski definition) is 0. The molecular formula is C106H69BN6O2. The van der Waals surface area contributed by atoms with Gasteiger partial charge in [-0.2, -0.15) is 0 Å². The van der Waals surface area contributed by atoms with Crippen LogP contribution in [0.25, 0.3) is 176 Å². The maximum absolute atomic E-state index is 11.8. The minimum atomic E-state index is -2.11. The Kier molecular flexibility index (Phi) is 8.39. The van der Waals surface area contributed by atoms with Crippen molar-refractivity contribution in [2.75, 3.05) is 9.80 Å². The molecule has 0 saturated heterocycles. The number of para-hydroxylation sites is 8. The van der Waals surface area contributed by atoms with Gasteiger partial charge in [-0.1, -0.05) is 239 Å². The number of aromatic nitrogens is 4. The van der Waals surface area contributed by atoms with Crippen molar-refractivity contribution in [2.24, 2.45) is 0 Å². The summed E-state index contributed by atoms with van der Waals surface area (Å²) in [6.07, 6.45) is 0. The van der Waals surface area contributed by atoms with Crippen LogP contribution in [0.1, 0.15) is 70.2 Å². The summed E-state index contributed by atoms with van der Waals surface area (Å²) >= 11 is 0. The van der Waals surface area contributed by atoms with Crippen LogP contribution < -0.4 is 26.2 Å². The number of benzene rings is 17. The molecule has 0 saturated carbocycles. The monoisotopic (exact) mass is 1500 g/mol. The molecule has 538 valence electrons. The van der Waals surface area contributed by atoms with Gasteiger partial charge in [0.1, 0.15) is 11.2 Å². The number of fused-ring (bicyclic) bond motifs is 22. The average Bonchev–Trinajstić information content (AvgIpc) is 1.66. The van der Waals surface area contributed by atoms with Crippen LogP contribution in [0.15, 0.2) is 372 Å². The molecule has 23 aromatic rings. The summed E-state index contributed by atoms with van der Waals surface area (Å²) in [7, 11) is 0. The van der Waals surface area contributed by atoms with E-state index in [4.69, 9.17) is 8.83 Å². The van der Waals surface area contributed by atoms with Crippen molar-refractivity contribution < 1.29 is 52.7 Å². The molecule has 25 rings (SSSR count). The predicted molar refractivity (Wildman–Crippen MR) is 482 cm³/mol. The summed E-state index contributed by atoms with van der Waals surface area (Å²) in [5, 5.41) is -0.469. The summed E-state index contributed by atoms with van der Waals surface area (Å²) in [4.78, 5) is 2.55. The topological polar surface area (TPSA) is 52.5 Å². The smallest absolute Gasteiger partial charge is 0.252 e. The molecule has 9 heteroatoms. The highest BCUT2D eigenvalue weighted by molar-refractivity contribution is 7.00. The Morgan fingerprint density at radius 3 is 0.974 bits per heavy atom. The molecule has 0 atom stereocenters. The van der Waals surface area contributed by atoms with Gasteiger partial charge in [-0.25, -0.2) is 0 Å². The van der Waals surface area contributed by atoms with Crippen LogP contribution in [0.5, 0.6) is 0 Å². The summed E-state index contributed by atoms with van der Waals surface area (Å²) in [6, 6.07) is 22.3. The third-order valence-corrected chi connectivity index (χ3v) is 22.4. The fraction of sp³-hybridized carbons (Fsp3) is 0.0377. The molecule has 0 spiro atoms. The van der Waals surface area contributed by atoms with E-state index in [2.05, 4.69) is 0 Å². The summed E-state index contributed by atoms with van der Waals surface area (Å²) < 4.78 is 349. The largest absolute Gasteiger partial charge is 0.454 e. The SMILES string of the molecule is [2H]c1c([2H])c(-n2c3c([2H])c([2H])c([2H])c([2H])c3c3c([2H])c([2H])c([2H])c([2H])c32)c([2H])c2c1B1c3c(cc(C(C)(C)C)cc3N(c3c([2H])c(-c4ccccc4)c([2H])c4c3oc3c([2H])c([2H])c(-n5c6ccccc6c6ccccc65)c([2H])c34)c3c([2H])c(-n4c5c([2H])c([2H])c([2H])c([2H])c5c5c([2H])c([2H])c([2H])c([2H])c54)c([2H])c([2H])c31)N2c1c([2H])c(-c2ccccc2)c([2H])c2c1oc1c([2H])c([2H])c(-n3c4ccccc4c4ccccc43)c([2H])c12. The molecule has 2 aliphatic heterocycles. The van der Waals surface area contributed by atoms with Crippen LogP contribution in [-0.2, 0) is 5.41 Å². The van der Waals surface area contributed by atoms with Crippen LogP contribution in [0, 0.1) is 0 Å². The van der Waals surface area contributed by atoms with Gasteiger partial charge in [-0.05, 0) is 195 Å². The van der Waals surface area contributed by atoms with Crippen molar-refractivity contribution in [1.82, 2.24) is 18.3 Å². The first kappa shape index (κ1) is 40.4. The van der Waals surface area contributed by atoms with Gasteiger partial charge in [0.05, 0.1) is 99.4 Å².